The molecule has 23 heavy (non-hydrogen) atoms. The first-order valence-electron chi connectivity index (χ1n) is 7.23. The van der Waals surface area contributed by atoms with Gasteiger partial charge in [0.25, 0.3) is 0 Å². The van der Waals surface area contributed by atoms with Gasteiger partial charge in [-0.3, -0.25) is 9.05 Å². The molecule has 0 saturated heterocycles. The Hall–Kier alpha value is -1.49. The molecule has 0 N–H and O–H groups in total. The summed E-state index contributed by atoms with van der Waals surface area (Å²) in [6, 6.07) is 9.21. The Kier molecular flexibility index (Phi) is 7.13. The highest BCUT2D eigenvalue weighted by Gasteiger charge is 2.25. The largest absolute Gasteiger partial charge is 0.461 e. The smallest absolute Gasteiger partial charge is 0.454 e. The first-order valence-corrected chi connectivity index (χ1v) is 8.73. The molecule has 0 aliphatic carbocycles. The first-order chi connectivity index (χ1) is 10.7. The molecule has 7 heteroatoms. The number of benzene rings is 1. The standard InChI is InChI=1S/C16H24NO5P/c1-13(15(18)21-12-16(2,3)4)17-23(19,20-5)22-11-14-9-7-6-8-10-14/h6-10H,11-12H2,1-5H3/b17-13+. The van der Waals surface area contributed by atoms with Crippen molar-refractivity contribution in [2.75, 3.05) is 13.7 Å². The predicted molar refractivity (Wildman–Crippen MR) is 89.4 cm³/mol. The summed E-state index contributed by atoms with van der Waals surface area (Å²) in [5.41, 5.74) is 0.616. The molecule has 1 aromatic carbocycles. The lowest BCUT2D eigenvalue weighted by Crippen LogP contribution is -2.22. The summed E-state index contributed by atoms with van der Waals surface area (Å²) in [6.45, 7) is 7.55. The third kappa shape index (κ3) is 7.55. The van der Waals surface area contributed by atoms with E-state index >= 15 is 0 Å². The first kappa shape index (κ1) is 19.6. The molecule has 0 heterocycles. The molecule has 0 saturated carbocycles. The topological polar surface area (TPSA) is 74.2 Å². The highest BCUT2D eigenvalue weighted by atomic mass is 31.2. The van der Waals surface area contributed by atoms with Crippen LogP contribution in [0, 0.1) is 5.41 Å². The minimum Gasteiger partial charge on any atom is -0.461 e. The molecule has 1 atom stereocenters. The van der Waals surface area contributed by atoms with Gasteiger partial charge in [0, 0.05) is 7.11 Å². The molecule has 1 aromatic rings. The van der Waals surface area contributed by atoms with E-state index in [4.69, 9.17) is 13.8 Å². The van der Waals surface area contributed by atoms with Gasteiger partial charge in [0.05, 0.1) is 13.2 Å². The molecule has 0 amide bonds. The summed E-state index contributed by atoms with van der Waals surface area (Å²) in [4.78, 5) is 11.9. The molecular formula is C16H24NO5P. The quantitative estimate of drug-likeness (QED) is 0.425. The lowest BCUT2D eigenvalue weighted by atomic mass is 9.99. The van der Waals surface area contributed by atoms with E-state index in [0.717, 1.165) is 5.56 Å². The van der Waals surface area contributed by atoms with Gasteiger partial charge in [-0.2, -0.15) is 4.76 Å². The van der Waals surface area contributed by atoms with Crippen molar-refractivity contribution in [2.45, 2.75) is 34.3 Å². The third-order valence-electron chi connectivity index (χ3n) is 2.67. The van der Waals surface area contributed by atoms with Gasteiger partial charge in [0.2, 0.25) is 0 Å². The molecule has 0 bridgehead atoms. The second-order valence-electron chi connectivity index (χ2n) is 6.23. The maximum Gasteiger partial charge on any atom is 0.454 e. The van der Waals surface area contributed by atoms with E-state index in [-0.39, 0.29) is 24.3 Å². The molecule has 6 nitrogen and oxygen atoms in total. The fourth-order valence-corrected chi connectivity index (χ4v) is 2.47. The highest BCUT2D eigenvalue weighted by Crippen LogP contribution is 2.50. The van der Waals surface area contributed by atoms with Crippen molar-refractivity contribution in [3.05, 3.63) is 35.9 Å². The Morgan fingerprint density at radius 1 is 1.22 bits per heavy atom. The van der Waals surface area contributed by atoms with E-state index < -0.39 is 13.7 Å². The van der Waals surface area contributed by atoms with Crippen LogP contribution in [0.25, 0.3) is 0 Å². The van der Waals surface area contributed by atoms with Crippen molar-refractivity contribution < 1.29 is 23.1 Å². The number of hydrogen-bond donors (Lipinski definition) is 0. The molecule has 0 radical (unpaired) electrons. The molecule has 0 spiro atoms. The molecule has 128 valence electrons. The zero-order valence-corrected chi connectivity index (χ0v) is 15.1. The summed E-state index contributed by atoms with van der Waals surface area (Å²) >= 11 is 0. The van der Waals surface area contributed by atoms with Gasteiger partial charge < -0.3 is 4.74 Å². The van der Waals surface area contributed by atoms with E-state index in [2.05, 4.69) is 4.76 Å². The van der Waals surface area contributed by atoms with Crippen LogP contribution in [-0.4, -0.2) is 25.4 Å². The summed E-state index contributed by atoms with van der Waals surface area (Å²) in [7, 11) is -2.53. The summed E-state index contributed by atoms with van der Waals surface area (Å²) < 4.78 is 31.5. The lowest BCUT2D eigenvalue weighted by Gasteiger charge is -2.18. The minimum atomic E-state index is -3.75. The molecule has 0 aromatic heterocycles. The Labute approximate surface area is 137 Å². The van der Waals surface area contributed by atoms with E-state index in [1.165, 1.54) is 14.0 Å². The third-order valence-corrected chi connectivity index (χ3v) is 4.13. The van der Waals surface area contributed by atoms with Crippen LogP contribution in [0.1, 0.15) is 33.3 Å². The maximum atomic E-state index is 12.4. The average molecular weight is 341 g/mol. The van der Waals surface area contributed by atoms with E-state index in [9.17, 15) is 9.36 Å². The van der Waals surface area contributed by atoms with Gasteiger partial charge in [-0.25, -0.2) is 9.36 Å². The predicted octanol–water partition coefficient (Wildman–Crippen LogP) is 4.01. The van der Waals surface area contributed by atoms with Crippen LogP contribution in [0.2, 0.25) is 0 Å². The van der Waals surface area contributed by atoms with Crippen LogP contribution in [0.3, 0.4) is 0 Å². The zero-order chi connectivity index (χ0) is 17.5. The number of carbonyl (C=O) groups excluding carboxylic acids is 1. The monoisotopic (exact) mass is 341 g/mol. The van der Waals surface area contributed by atoms with Gasteiger partial charge in [-0.1, -0.05) is 51.1 Å². The number of ether oxygens (including phenoxy) is 1. The van der Waals surface area contributed by atoms with E-state index in [0.29, 0.717) is 0 Å². The van der Waals surface area contributed by atoms with E-state index in [1.807, 2.05) is 51.1 Å². The van der Waals surface area contributed by atoms with E-state index in [1.54, 1.807) is 0 Å². The summed E-state index contributed by atoms with van der Waals surface area (Å²) in [5, 5.41) is 0. The maximum absolute atomic E-state index is 12.4. The molecule has 0 aliphatic rings. The zero-order valence-electron chi connectivity index (χ0n) is 14.2. The number of nitrogens with zero attached hydrogens (tertiary/aromatic N) is 1. The van der Waals surface area contributed by atoms with Crippen molar-refractivity contribution in [3.63, 3.8) is 0 Å². The van der Waals surface area contributed by atoms with Gasteiger partial charge in [0.15, 0.2) is 0 Å². The van der Waals surface area contributed by atoms with Gasteiger partial charge >= 0.3 is 13.7 Å². The van der Waals surface area contributed by atoms with Crippen LogP contribution in [-0.2, 0) is 29.8 Å². The summed E-state index contributed by atoms with van der Waals surface area (Å²) in [5.74, 6) is -0.638. The normalized spacial score (nSPS) is 15.1. The second kappa shape index (κ2) is 8.39. The van der Waals surface area contributed by atoms with Crippen molar-refractivity contribution in [1.29, 1.82) is 0 Å². The van der Waals surface area contributed by atoms with Crippen molar-refractivity contribution in [3.8, 4) is 0 Å². The molecule has 1 unspecified atom stereocenters. The molecule has 1 rings (SSSR count). The molecule has 0 aliphatic heterocycles. The number of rotatable bonds is 7. The summed E-state index contributed by atoms with van der Waals surface area (Å²) in [6.07, 6.45) is 0. The number of hydrogen-bond acceptors (Lipinski definition) is 5. The van der Waals surface area contributed by atoms with Crippen molar-refractivity contribution in [2.24, 2.45) is 10.2 Å². The van der Waals surface area contributed by atoms with Crippen molar-refractivity contribution >= 4 is 19.4 Å². The minimum absolute atomic E-state index is 0.0486. The van der Waals surface area contributed by atoms with Crippen LogP contribution in [0.5, 0.6) is 0 Å². The van der Waals surface area contributed by atoms with Crippen molar-refractivity contribution in [1.82, 2.24) is 0 Å². The lowest BCUT2D eigenvalue weighted by molar-refractivity contribution is -0.138. The second-order valence-corrected chi connectivity index (χ2v) is 7.99. The van der Waals surface area contributed by atoms with Gasteiger partial charge in [-0.15, -0.1) is 0 Å². The Morgan fingerprint density at radius 3 is 2.35 bits per heavy atom. The Balaban J connectivity index is 2.71. The number of esters is 1. The molecular weight excluding hydrogens is 317 g/mol. The van der Waals surface area contributed by atoms with Gasteiger partial charge in [0.1, 0.15) is 5.71 Å². The van der Waals surface area contributed by atoms with Crippen LogP contribution < -0.4 is 0 Å². The highest BCUT2D eigenvalue weighted by molar-refractivity contribution is 7.52. The average Bonchev–Trinajstić information content (AvgIpc) is 2.51. The van der Waals surface area contributed by atoms with Crippen LogP contribution >= 0.6 is 7.75 Å². The Morgan fingerprint density at radius 2 is 1.83 bits per heavy atom. The number of carbonyl (C=O) groups is 1. The fraction of sp³-hybridized carbons (Fsp3) is 0.500. The van der Waals surface area contributed by atoms with Crippen LogP contribution in [0.4, 0.5) is 0 Å². The molecule has 0 fully saturated rings. The Bertz CT molecular complexity index is 592. The SMILES string of the molecule is COP(=O)(/N=C(\C)C(=O)OCC(C)(C)C)OCc1ccccc1. The van der Waals surface area contributed by atoms with Gasteiger partial charge in [-0.05, 0) is 17.9 Å². The van der Waals surface area contributed by atoms with Crippen LogP contribution in [0.15, 0.2) is 35.1 Å². The fourth-order valence-electron chi connectivity index (χ4n) is 1.46.